The van der Waals surface area contributed by atoms with E-state index in [2.05, 4.69) is 16.2 Å². The second-order valence-corrected chi connectivity index (χ2v) is 6.50. The van der Waals surface area contributed by atoms with Gasteiger partial charge >= 0.3 is 0 Å². The van der Waals surface area contributed by atoms with Crippen LogP contribution in [0.2, 0.25) is 5.02 Å². The number of benzene rings is 2. The molecule has 0 aliphatic heterocycles. The summed E-state index contributed by atoms with van der Waals surface area (Å²) in [6, 6.07) is 11.8. The highest BCUT2D eigenvalue weighted by molar-refractivity contribution is 6.32. The number of aryl methyl sites for hydroxylation is 1. The Balaban J connectivity index is 2.02. The van der Waals surface area contributed by atoms with Gasteiger partial charge in [0, 0.05) is 11.3 Å². The molecule has 0 bridgehead atoms. The number of amides is 2. The number of halogens is 1. The Morgan fingerprint density at radius 1 is 1.11 bits per heavy atom. The van der Waals surface area contributed by atoms with E-state index in [4.69, 9.17) is 16.9 Å². The predicted octanol–water partition coefficient (Wildman–Crippen LogP) is 3.48. The monoisotopic (exact) mass is 384 g/mol. The molecule has 2 aromatic carbocycles. The first-order valence-corrected chi connectivity index (χ1v) is 8.87. The fraction of sp³-hybridized carbons (Fsp3) is 0.250. The molecule has 0 aromatic heterocycles. The number of nitrogens with one attached hydrogen (secondary N) is 3. The van der Waals surface area contributed by atoms with Crippen LogP contribution in [0.25, 0.3) is 0 Å². The van der Waals surface area contributed by atoms with E-state index < -0.39 is 11.9 Å². The molecule has 2 aromatic rings. The molecule has 0 heterocycles. The molecule has 6 nitrogen and oxygen atoms in total. The largest absolute Gasteiger partial charge is 0.373 e. The van der Waals surface area contributed by atoms with Crippen LogP contribution in [-0.2, 0) is 4.79 Å². The summed E-state index contributed by atoms with van der Waals surface area (Å²) in [5.41, 5.74) is 8.07. The summed E-state index contributed by atoms with van der Waals surface area (Å²) in [6.07, 6.45) is 0.489. The zero-order valence-electron chi connectivity index (χ0n) is 15.4. The van der Waals surface area contributed by atoms with Gasteiger partial charge in [-0.15, -0.1) is 0 Å². The standard InChI is InChI=1S/C20H21ClN4O2/c1-4-16(23-17-10-9-15(11-22)18(21)13(17)3)20(27)25-24-19(26)14-7-5-12(2)6-8-14/h5-10,16,23H,4H2,1-3H3,(H,24,26)(H,25,27)/t16-/m1/s1. The van der Waals surface area contributed by atoms with Crippen molar-refractivity contribution in [2.45, 2.75) is 33.2 Å². The van der Waals surface area contributed by atoms with Crippen LogP contribution in [0.15, 0.2) is 36.4 Å². The van der Waals surface area contributed by atoms with Gasteiger partial charge < -0.3 is 5.32 Å². The summed E-state index contributed by atoms with van der Waals surface area (Å²) in [7, 11) is 0. The summed E-state index contributed by atoms with van der Waals surface area (Å²) in [6.45, 7) is 5.55. The van der Waals surface area contributed by atoms with E-state index in [1.807, 2.05) is 32.0 Å². The second kappa shape index (κ2) is 9.06. The Morgan fingerprint density at radius 2 is 1.78 bits per heavy atom. The van der Waals surface area contributed by atoms with Gasteiger partial charge in [-0.1, -0.05) is 36.2 Å². The van der Waals surface area contributed by atoms with Gasteiger partial charge in [-0.05, 0) is 50.1 Å². The molecule has 27 heavy (non-hydrogen) atoms. The van der Waals surface area contributed by atoms with Crippen molar-refractivity contribution >= 4 is 29.1 Å². The Labute approximate surface area is 163 Å². The van der Waals surface area contributed by atoms with Crippen LogP contribution in [-0.4, -0.2) is 17.9 Å². The van der Waals surface area contributed by atoms with E-state index >= 15 is 0 Å². The zero-order chi connectivity index (χ0) is 20.0. The second-order valence-electron chi connectivity index (χ2n) is 6.13. The van der Waals surface area contributed by atoms with Gasteiger partial charge in [0.25, 0.3) is 11.8 Å². The number of hydrazine groups is 1. The molecule has 0 radical (unpaired) electrons. The number of hydrogen-bond acceptors (Lipinski definition) is 4. The minimum absolute atomic E-state index is 0.352. The van der Waals surface area contributed by atoms with Crippen molar-refractivity contribution < 1.29 is 9.59 Å². The fourth-order valence-corrected chi connectivity index (χ4v) is 2.66. The van der Waals surface area contributed by atoms with Crippen molar-refractivity contribution in [2.24, 2.45) is 0 Å². The zero-order valence-corrected chi connectivity index (χ0v) is 16.1. The molecule has 7 heteroatoms. The van der Waals surface area contributed by atoms with Crippen molar-refractivity contribution in [3.63, 3.8) is 0 Å². The molecule has 0 saturated carbocycles. The number of anilines is 1. The molecule has 0 unspecified atom stereocenters. The van der Waals surface area contributed by atoms with Gasteiger partial charge in [0.1, 0.15) is 12.1 Å². The highest BCUT2D eigenvalue weighted by atomic mass is 35.5. The number of nitrogens with zero attached hydrogens (tertiary/aromatic N) is 1. The molecule has 0 fully saturated rings. The van der Waals surface area contributed by atoms with Crippen molar-refractivity contribution in [1.29, 1.82) is 5.26 Å². The number of hydrogen-bond donors (Lipinski definition) is 3. The third-order valence-electron chi connectivity index (χ3n) is 4.17. The van der Waals surface area contributed by atoms with Crippen LogP contribution in [0.4, 0.5) is 5.69 Å². The molecular formula is C20H21ClN4O2. The Morgan fingerprint density at radius 3 is 2.37 bits per heavy atom. The van der Waals surface area contributed by atoms with Crippen molar-refractivity contribution in [3.05, 3.63) is 63.7 Å². The summed E-state index contributed by atoms with van der Waals surface area (Å²) in [5, 5.41) is 12.5. The molecule has 1 atom stereocenters. The molecule has 2 amide bonds. The maximum atomic E-state index is 12.4. The Kier molecular flexibility index (Phi) is 6.80. The fourth-order valence-electron chi connectivity index (χ4n) is 2.45. The summed E-state index contributed by atoms with van der Waals surface area (Å²) < 4.78 is 0. The molecule has 0 spiro atoms. The van der Waals surface area contributed by atoms with E-state index in [-0.39, 0.29) is 5.91 Å². The van der Waals surface area contributed by atoms with Gasteiger partial charge in [-0.3, -0.25) is 20.4 Å². The van der Waals surface area contributed by atoms with Crippen molar-refractivity contribution in [2.75, 3.05) is 5.32 Å². The van der Waals surface area contributed by atoms with Gasteiger partial charge in [0.05, 0.1) is 10.6 Å². The van der Waals surface area contributed by atoms with Crippen LogP contribution in [0, 0.1) is 25.2 Å². The topological polar surface area (TPSA) is 94.0 Å². The van der Waals surface area contributed by atoms with Crippen LogP contribution in [0.3, 0.4) is 0 Å². The first-order chi connectivity index (χ1) is 12.9. The van der Waals surface area contributed by atoms with Crippen LogP contribution < -0.4 is 16.2 Å². The van der Waals surface area contributed by atoms with Gasteiger partial charge in [-0.25, -0.2) is 0 Å². The average molecular weight is 385 g/mol. The van der Waals surface area contributed by atoms with Crippen LogP contribution in [0.1, 0.15) is 40.4 Å². The number of carbonyl (C=O) groups excluding carboxylic acids is 2. The summed E-state index contributed by atoms with van der Waals surface area (Å²) in [4.78, 5) is 24.5. The van der Waals surface area contributed by atoms with E-state index in [1.54, 1.807) is 31.2 Å². The lowest BCUT2D eigenvalue weighted by molar-refractivity contribution is -0.122. The lowest BCUT2D eigenvalue weighted by atomic mass is 10.1. The molecule has 0 aliphatic rings. The van der Waals surface area contributed by atoms with Crippen molar-refractivity contribution in [3.8, 4) is 6.07 Å². The minimum Gasteiger partial charge on any atom is -0.373 e. The minimum atomic E-state index is -0.578. The smallest absolute Gasteiger partial charge is 0.269 e. The molecular weight excluding hydrogens is 364 g/mol. The third-order valence-corrected chi connectivity index (χ3v) is 4.66. The van der Waals surface area contributed by atoms with Gasteiger partial charge in [0.2, 0.25) is 0 Å². The summed E-state index contributed by atoms with van der Waals surface area (Å²) in [5.74, 6) is -0.770. The van der Waals surface area contributed by atoms with Crippen molar-refractivity contribution in [1.82, 2.24) is 10.9 Å². The third kappa shape index (κ3) is 4.99. The maximum absolute atomic E-state index is 12.4. The maximum Gasteiger partial charge on any atom is 0.269 e. The first-order valence-electron chi connectivity index (χ1n) is 8.50. The van der Waals surface area contributed by atoms with Crippen LogP contribution in [0.5, 0.6) is 0 Å². The normalized spacial score (nSPS) is 11.2. The first kappa shape index (κ1) is 20.3. The highest BCUT2D eigenvalue weighted by Crippen LogP contribution is 2.27. The van der Waals surface area contributed by atoms with Gasteiger partial charge in [-0.2, -0.15) is 5.26 Å². The molecule has 2 rings (SSSR count). The molecule has 3 N–H and O–H groups in total. The molecule has 0 aliphatic carbocycles. The van der Waals surface area contributed by atoms with E-state index in [0.29, 0.717) is 33.8 Å². The number of carbonyl (C=O) groups is 2. The highest BCUT2D eigenvalue weighted by Gasteiger charge is 2.19. The van der Waals surface area contributed by atoms with E-state index in [0.717, 1.165) is 5.56 Å². The SMILES string of the molecule is CC[C@@H](Nc1ccc(C#N)c(Cl)c1C)C(=O)NNC(=O)c1ccc(C)cc1. The lowest BCUT2D eigenvalue weighted by Gasteiger charge is -2.20. The molecule has 140 valence electrons. The molecule has 0 saturated heterocycles. The lowest BCUT2D eigenvalue weighted by Crippen LogP contribution is -2.48. The quantitative estimate of drug-likeness (QED) is 0.688. The van der Waals surface area contributed by atoms with Crippen LogP contribution >= 0.6 is 11.6 Å². The number of rotatable bonds is 5. The van der Waals surface area contributed by atoms with Gasteiger partial charge in [0.15, 0.2) is 0 Å². The average Bonchev–Trinajstić information content (AvgIpc) is 2.67. The summed E-state index contributed by atoms with van der Waals surface area (Å²) >= 11 is 6.17. The van der Waals surface area contributed by atoms with E-state index in [1.165, 1.54) is 0 Å². The number of nitriles is 1. The predicted molar refractivity (Wildman–Crippen MR) is 105 cm³/mol. The Hall–Kier alpha value is -3.04. The van der Waals surface area contributed by atoms with E-state index in [9.17, 15) is 9.59 Å². The Bertz CT molecular complexity index is 888.